The molecule has 1 N–H and O–H groups in total. The monoisotopic (exact) mass is 413 g/mol. The van der Waals surface area contributed by atoms with Gasteiger partial charge in [-0.25, -0.2) is 4.98 Å². The number of aromatic nitrogens is 2. The molecule has 7 nitrogen and oxygen atoms in total. The lowest BCUT2D eigenvalue weighted by atomic mass is 9.88. The third-order valence-electron chi connectivity index (χ3n) is 4.99. The van der Waals surface area contributed by atoms with Gasteiger partial charge in [0, 0.05) is 28.6 Å². The van der Waals surface area contributed by atoms with E-state index in [-0.39, 0.29) is 18.2 Å². The summed E-state index contributed by atoms with van der Waals surface area (Å²) < 4.78 is 18.3. The molecule has 4 rings (SSSR count). The number of imidazole rings is 1. The van der Waals surface area contributed by atoms with Crippen molar-refractivity contribution >= 4 is 23.3 Å². The summed E-state index contributed by atoms with van der Waals surface area (Å²) in [5, 5.41) is 3.58. The molecule has 1 aromatic heterocycles. The van der Waals surface area contributed by atoms with Crippen LogP contribution < -0.4 is 19.5 Å². The first kappa shape index (κ1) is 19.1. The van der Waals surface area contributed by atoms with Crippen molar-refractivity contribution in [3.05, 3.63) is 59.0 Å². The fraction of sp³-hybridized carbons (Fsp3) is 0.238. The zero-order valence-corrected chi connectivity index (χ0v) is 17.0. The summed E-state index contributed by atoms with van der Waals surface area (Å²) in [6.45, 7) is 0. The first-order valence-corrected chi connectivity index (χ1v) is 9.37. The van der Waals surface area contributed by atoms with Crippen LogP contribution in [0.3, 0.4) is 0 Å². The second-order valence-corrected chi connectivity index (χ2v) is 6.99. The van der Waals surface area contributed by atoms with Gasteiger partial charge in [-0.05, 0) is 30.3 Å². The van der Waals surface area contributed by atoms with Gasteiger partial charge in [-0.15, -0.1) is 0 Å². The molecule has 2 heterocycles. The van der Waals surface area contributed by atoms with E-state index in [1.807, 2.05) is 22.8 Å². The molecule has 150 valence electrons. The van der Waals surface area contributed by atoms with Crippen molar-refractivity contribution < 1.29 is 19.0 Å². The van der Waals surface area contributed by atoms with Crippen molar-refractivity contribution in [1.29, 1.82) is 0 Å². The lowest BCUT2D eigenvalue weighted by Crippen LogP contribution is -2.25. The summed E-state index contributed by atoms with van der Waals surface area (Å²) in [6, 6.07) is 11.0. The number of fused-ring (bicyclic) bond motifs is 1. The molecule has 0 spiro atoms. The number of amides is 1. The van der Waals surface area contributed by atoms with Crippen LogP contribution in [0.15, 0.2) is 42.7 Å². The van der Waals surface area contributed by atoms with E-state index in [9.17, 15) is 4.79 Å². The molecule has 3 aromatic rings. The molecule has 29 heavy (non-hydrogen) atoms. The molecule has 2 aromatic carbocycles. The number of nitrogens with one attached hydrogen (secondary N) is 1. The minimum absolute atomic E-state index is 0.102. The van der Waals surface area contributed by atoms with Gasteiger partial charge >= 0.3 is 0 Å². The van der Waals surface area contributed by atoms with Crippen LogP contribution >= 0.6 is 11.6 Å². The number of ether oxygens (including phenoxy) is 3. The summed E-state index contributed by atoms with van der Waals surface area (Å²) in [4.78, 5) is 17.2. The molecule has 0 fully saturated rings. The summed E-state index contributed by atoms with van der Waals surface area (Å²) in [7, 11) is 4.69. The van der Waals surface area contributed by atoms with Crippen LogP contribution in [0.4, 0.5) is 5.82 Å². The summed E-state index contributed by atoms with van der Waals surface area (Å²) in [6.07, 6.45) is 1.94. The Morgan fingerprint density at radius 2 is 1.76 bits per heavy atom. The average molecular weight is 414 g/mol. The minimum Gasteiger partial charge on any atom is -0.493 e. The summed E-state index contributed by atoms with van der Waals surface area (Å²) in [5.74, 6) is 1.80. The number of carbonyl (C=O) groups is 1. The van der Waals surface area contributed by atoms with E-state index < -0.39 is 0 Å². The van der Waals surface area contributed by atoms with Crippen LogP contribution in [0, 0.1) is 0 Å². The van der Waals surface area contributed by atoms with Crippen LogP contribution in [-0.4, -0.2) is 36.8 Å². The van der Waals surface area contributed by atoms with Crippen molar-refractivity contribution in [2.24, 2.45) is 0 Å². The van der Waals surface area contributed by atoms with Crippen molar-refractivity contribution in [2.75, 3.05) is 26.6 Å². The highest BCUT2D eigenvalue weighted by atomic mass is 35.5. The largest absolute Gasteiger partial charge is 0.493 e. The van der Waals surface area contributed by atoms with Crippen molar-refractivity contribution in [1.82, 2.24) is 9.55 Å². The zero-order chi connectivity index (χ0) is 20.5. The van der Waals surface area contributed by atoms with Gasteiger partial charge < -0.3 is 19.5 Å². The highest BCUT2D eigenvalue weighted by molar-refractivity contribution is 6.30. The predicted molar refractivity (Wildman–Crippen MR) is 110 cm³/mol. The number of methoxy groups -OCH3 is 3. The SMILES string of the molecule is COc1ccc([C@H]2CC(=O)Nc3c2ncn3-c2ccc(Cl)cc2)c(OC)c1OC. The third kappa shape index (κ3) is 3.27. The molecule has 8 heteroatoms. The molecular formula is C21H20ClN3O4. The van der Waals surface area contributed by atoms with Gasteiger partial charge in [0.2, 0.25) is 11.7 Å². The maximum Gasteiger partial charge on any atom is 0.226 e. The van der Waals surface area contributed by atoms with Crippen molar-refractivity contribution in [3.63, 3.8) is 0 Å². The van der Waals surface area contributed by atoms with Gasteiger partial charge in [0.1, 0.15) is 12.1 Å². The highest BCUT2D eigenvalue weighted by Gasteiger charge is 2.34. The molecule has 0 bridgehead atoms. The number of benzene rings is 2. The first-order chi connectivity index (χ1) is 14.1. The van der Waals surface area contributed by atoms with Gasteiger partial charge in [0.25, 0.3) is 0 Å². The molecule has 1 aliphatic heterocycles. The lowest BCUT2D eigenvalue weighted by molar-refractivity contribution is -0.116. The lowest BCUT2D eigenvalue weighted by Gasteiger charge is -2.25. The molecule has 0 aliphatic carbocycles. The molecule has 1 atom stereocenters. The molecule has 0 radical (unpaired) electrons. The van der Waals surface area contributed by atoms with E-state index in [2.05, 4.69) is 10.3 Å². The highest BCUT2D eigenvalue weighted by Crippen LogP contribution is 2.47. The van der Waals surface area contributed by atoms with Crippen molar-refractivity contribution in [3.8, 4) is 22.9 Å². The second kappa shape index (κ2) is 7.67. The van der Waals surface area contributed by atoms with Gasteiger partial charge in [-0.3, -0.25) is 9.36 Å². The maximum absolute atomic E-state index is 12.6. The third-order valence-corrected chi connectivity index (χ3v) is 5.24. The number of rotatable bonds is 5. The Balaban J connectivity index is 1.85. The Labute approximate surface area is 173 Å². The van der Waals surface area contributed by atoms with Crippen molar-refractivity contribution in [2.45, 2.75) is 12.3 Å². The van der Waals surface area contributed by atoms with E-state index in [0.29, 0.717) is 28.1 Å². The number of anilines is 1. The number of hydrogen-bond acceptors (Lipinski definition) is 5. The van der Waals surface area contributed by atoms with Crippen LogP contribution in [0.25, 0.3) is 5.69 Å². The van der Waals surface area contributed by atoms with Gasteiger partial charge in [-0.1, -0.05) is 17.7 Å². The Kier molecular flexibility index (Phi) is 5.07. The number of halogens is 1. The summed E-state index contributed by atoms with van der Waals surface area (Å²) >= 11 is 6.00. The van der Waals surface area contributed by atoms with Crippen LogP contribution in [-0.2, 0) is 4.79 Å². The molecule has 0 unspecified atom stereocenters. The second-order valence-electron chi connectivity index (χ2n) is 6.55. The van der Waals surface area contributed by atoms with E-state index in [0.717, 1.165) is 16.9 Å². The van der Waals surface area contributed by atoms with E-state index >= 15 is 0 Å². The Bertz CT molecular complexity index is 1060. The molecule has 0 saturated carbocycles. The quantitative estimate of drug-likeness (QED) is 0.683. The summed E-state index contributed by atoms with van der Waals surface area (Å²) in [5.41, 5.74) is 2.41. The van der Waals surface area contributed by atoms with Gasteiger partial charge in [0.15, 0.2) is 11.5 Å². The standard InChI is InChI=1S/C21H20ClN3O4/c1-27-16-9-8-14(19(28-2)20(16)29-3)15-10-17(26)24-21-18(15)23-11-25(21)13-6-4-12(22)5-7-13/h4-9,11,15H,10H2,1-3H3,(H,24,26)/t15-/m1/s1. The number of carbonyl (C=O) groups excluding carboxylic acids is 1. The Hall–Kier alpha value is -3.19. The van der Waals surface area contributed by atoms with Crippen LogP contribution in [0.5, 0.6) is 17.2 Å². The van der Waals surface area contributed by atoms with E-state index in [4.69, 9.17) is 25.8 Å². The maximum atomic E-state index is 12.6. The topological polar surface area (TPSA) is 74.6 Å². The number of nitrogens with zero attached hydrogens (tertiary/aromatic N) is 2. The van der Waals surface area contributed by atoms with Crippen LogP contribution in [0.2, 0.25) is 5.02 Å². The molecular weight excluding hydrogens is 394 g/mol. The Morgan fingerprint density at radius 1 is 1.03 bits per heavy atom. The fourth-order valence-electron chi connectivity index (χ4n) is 3.66. The molecule has 0 saturated heterocycles. The number of hydrogen-bond donors (Lipinski definition) is 1. The van der Waals surface area contributed by atoms with E-state index in [1.165, 1.54) is 0 Å². The average Bonchev–Trinajstić information content (AvgIpc) is 3.16. The molecule has 1 aliphatic rings. The molecule has 1 amide bonds. The minimum atomic E-state index is -0.290. The Morgan fingerprint density at radius 3 is 2.41 bits per heavy atom. The smallest absolute Gasteiger partial charge is 0.226 e. The normalized spacial score (nSPS) is 15.4. The van der Waals surface area contributed by atoms with Crippen LogP contribution in [0.1, 0.15) is 23.6 Å². The van der Waals surface area contributed by atoms with Gasteiger partial charge in [0.05, 0.1) is 27.0 Å². The predicted octanol–water partition coefficient (Wildman–Crippen LogP) is 4.03. The fourth-order valence-corrected chi connectivity index (χ4v) is 3.79. The van der Waals surface area contributed by atoms with E-state index in [1.54, 1.807) is 45.9 Å². The van der Waals surface area contributed by atoms with Gasteiger partial charge in [-0.2, -0.15) is 0 Å². The first-order valence-electron chi connectivity index (χ1n) is 8.99. The zero-order valence-electron chi connectivity index (χ0n) is 16.2.